The topological polar surface area (TPSA) is 27.7 Å². The largest absolute Gasteiger partial charge is 0.497 e. The zero-order valence-electron chi connectivity index (χ0n) is 8.96. The van der Waals surface area contributed by atoms with Gasteiger partial charge in [0.15, 0.2) is 0 Å². The van der Waals surface area contributed by atoms with Crippen LogP contribution in [0.1, 0.15) is 5.56 Å². The molecule has 0 aromatic heterocycles. The SMILES string of the molecule is COCOCCc1ccc(OC)cc1F. The van der Waals surface area contributed by atoms with E-state index in [9.17, 15) is 4.39 Å². The van der Waals surface area contributed by atoms with Gasteiger partial charge in [0, 0.05) is 13.2 Å². The highest BCUT2D eigenvalue weighted by molar-refractivity contribution is 5.28. The molecule has 0 unspecified atom stereocenters. The van der Waals surface area contributed by atoms with Crippen molar-refractivity contribution in [1.82, 2.24) is 0 Å². The van der Waals surface area contributed by atoms with Gasteiger partial charge in [-0.05, 0) is 18.1 Å². The molecule has 84 valence electrons. The van der Waals surface area contributed by atoms with Crippen molar-refractivity contribution in [1.29, 1.82) is 0 Å². The summed E-state index contributed by atoms with van der Waals surface area (Å²) < 4.78 is 28.1. The number of hydrogen-bond acceptors (Lipinski definition) is 3. The van der Waals surface area contributed by atoms with Crippen molar-refractivity contribution in [3.63, 3.8) is 0 Å². The summed E-state index contributed by atoms with van der Waals surface area (Å²) in [6.45, 7) is 0.675. The molecule has 1 rings (SSSR count). The van der Waals surface area contributed by atoms with E-state index in [1.54, 1.807) is 19.2 Å². The van der Waals surface area contributed by atoms with E-state index in [-0.39, 0.29) is 12.6 Å². The maximum Gasteiger partial charge on any atom is 0.146 e. The minimum Gasteiger partial charge on any atom is -0.497 e. The molecule has 0 saturated heterocycles. The molecular formula is C11H15FO3. The monoisotopic (exact) mass is 214 g/mol. The van der Waals surface area contributed by atoms with E-state index in [1.807, 2.05) is 0 Å². The van der Waals surface area contributed by atoms with Crippen molar-refractivity contribution in [2.45, 2.75) is 6.42 Å². The number of benzene rings is 1. The van der Waals surface area contributed by atoms with Crippen LogP contribution in [0.5, 0.6) is 5.75 Å². The smallest absolute Gasteiger partial charge is 0.146 e. The first-order valence-corrected chi connectivity index (χ1v) is 4.67. The highest BCUT2D eigenvalue weighted by Gasteiger charge is 2.03. The molecule has 0 saturated carbocycles. The summed E-state index contributed by atoms with van der Waals surface area (Å²) in [4.78, 5) is 0. The van der Waals surface area contributed by atoms with E-state index in [0.717, 1.165) is 0 Å². The fraction of sp³-hybridized carbons (Fsp3) is 0.455. The van der Waals surface area contributed by atoms with Gasteiger partial charge in [0.1, 0.15) is 18.4 Å². The predicted molar refractivity (Wildman–Crippen MR) is 54.5 cm³/mol. The Balaban J connectivity index is 2.47. The van der Waals surface area contributed by atoms with Gasteiger partial charge in [-0.25, -0.2) is 4.39 Å². The van der Waals surface area contributed by atoms with Crippen LogP contribution in [0.3, 0.4) is 0 Å². The Morgan fingerprint density at radius 1 is 1.27 bits per heavy atom. The molecule has 1 aromatic rings. The third-order valence-electron chi connectivity index (χ3n) is 1.98. The van der Waals surface area contributed by atoms with E-state index >= 15 is 0 Å². The standard InChI is InChI=1S/C11H15FO3/c1-13-8-15-6-5-9-3-4-10(14-2)7-11(9)12/h3-4,7H,5-6,8H2,1-2H3. The Morgan fingerprint density at radius 2 is 2.07 bits per heavy atom. The van der Waals surface area contributed by atoms with Crippen molar-refractivity contribution in [2.24, 2.45) is 0 Å². The maximum absolute atomic E-state index is 13.4. The molecule has 3 nitrogen and oxygen atoms in total. The molecule has 0 amide bonds. The number of halogens is 1. The van der Waals surface area contributed by atoms with Gasteiger partial charge in [-0.3, -0.25) is 0 Å². The number of ether oxygens (including phenoxy) is 3. The van der Waals surface area contributed by atoms with E-state index in [0.29, 0.717) is 24.3 Å². The maximum atomic E-state index is 13.4. The van der Waals surface area contributed by atoms with Crippen LogP contribution in [0.25, 0.3) is 0 Å². The fourth-order valence-electron chi connectivity index (χ4n) is 1.18. The second-order valence-corrected chi connectivity index (χ2v) is 3.02. The molecule has 4 heteroatoms. The van der Waals surface area contributed by atoms with Crippen molar-refractivity contribution in [2.75, 3.05) is 27.6 Å². The predicted octanol–water partition coefficient (Wildman–Crippen LogP) is 2.00. The number of methoxy groups -OCH3 is 2. The molecule has 0 aliphatic heterocycles. The number of hydrogen-bond donors (Lipinski definition) is 0. The summed E-state index contributed by atoms with van der Waals surface area (Å²) in [5, 5.41) is 0. The highest BCUT2D eigenvalue weighted by atomic mass is 19.1. The van der Waals surface area contributed by atoms with Gasteiger partial charge in [0.25, 0.3) is 0 Å². The van der Waals surface area contributed by atoms with E-state index in [2.05, 4.69) is 0 Å². The molecule has 15 heavy (non-hydrogen) atoms. The van der Waals surface area contributed by atoms with Crippen molar-refractivity contribution < 1.29 is 18.6 Å². The first-order valence-electron chi connectivity index (χ1n) is 4.67. The van der Waals surface area contributed by atoms with Crippen LogP contribution in [-0.2, 0) is 15.9 Å². The summed E-state index contributed by atoms with van der Waals surface area (Å²) in [7, 11) is 3.06. The van der Waals surface area contributed by atoms with Crippen LogP contribution in [0.4, 0.5) is 4.39 Å². The molecule has 0 bridgehead atoms. The summed E-state index contributed by atoms with van der Waals surface area (Å²) in [5.74, 6) is 0.254. The van der Waals surface area contributed by atoms with Crippen molar-refractivity contribution in [3.05, 3.63) is 29.6 Å². The Labute approximate surface area is 88.8 Å². The quantitative estimate of drug-likeness (QED) is 0.535. The molecule has 0 atom stereocenters. The van der Waals surface area contributed by atoms with E-state index < -0.39 is 0 Å². The number of rotatable bonds is 6. The van der Waals surface area contributed by atoms with Gasteiger partial charge in [-0.2, -0.15) is 0 Å². The lowest BCUT2D eigenvalue weighted by Crippen LogP contribution is -2.03. The second-order valence-electron chi connectivity index (χ2n) is 3.02. The fourth-order valence-corrected chi connectivity index (χ4v) is 1.18. The summed E-state index contributed by atoms with van der Waals surface area (Å²) in [5.41, 5.74) is 0.618. The van der Waals surface area contributed by atoms with Gasteiger partial charge >= 0.3 is 0 Å². The molecule has 0 aliphatic carbocycles. The van der Waals surface area contributed by atoms with Crippen LogP contribution in [-0.4, -0.2) is 27.6 Å². The Kier molecular flexibility index (Phi) is 5.07. The molecule has 0 N–H and O–H groups in total. The molecule has 0 heterocycles. The zero-order valence-corrected chi connectivity index (χ0v) is 8.96. The van der Waals surface area contributed by atoms with Crippen LogP contribution in [0.2, 0.25) is 0 Å². The van der Waals surface area contributed by atoms with Gasteiger partial charge in [0.05, 0.1) is 13.7 Å². The van der Waals surface area contributed by atoms with E-state index in [1.165, 1.54) is 13.2 Å². The molecule has 0 aliphatic rings. The first-order chi connectivity index (χ1) is 7.27. The van der Waals surface area contributed by atoms with Gasteiger partial charge in [-0.1, -0.05) is 6.07 Å². The van der Waals surface area contributed by atoms with Gasteiger partial charge in [0.2, 0.25) is 0 Å². The minimum absolute atomic E-state index is 0.234. The lowest BCUT2D eigenvalue weighted by Gasteiger charge is -2.06. The van der Waals surface area contributed by atoms with Crippen LogP contribution >= 0.6 is 0 Å². The third kappa shape index (κ3) is 3.85. The van der Waals surface area contributed by atoms with Crippen molar-refractivity contribution >= 4 is 0 Å². The van der Waals surface area contributed by atoms with Crippen molar-refractivity contribution in [3.8, 4) is 5.75 Å². The highest BCUT2D eigenvalue weighted by Crippen LogP contribution is 2.16. The normalized spacial score (nSPS) is 10.3. The van der Waals surface area contributed by atoms with E-state index in [4.69, 9.17) is 14.2 Å². The molecule has 0 fully saturated rings. The lowest BCUT2D eigenvalue weighted by atomic mass is 10.1. The minimum atomic E-state index is -0.268. The average molecular weight is 214 g/mol. The summed E-state index contributed by atoms with van der Waals surface area (Å²) in [6, 6.07) is 4.80. The Hall–Kier alpha value is -1.13. The molecule has 1 aromatic carbocycles. The summed E-state index contributed by atoms with van der Waals surface area (Å²) in [6.07, 6.45) is 0.527. The Morgan fingerprint density at radius 3 is 2.67 bits per heavy atom. The lowest BCUT2D eigenvalue weighted by molar-refractivity contribution is -0.0293. The van der Waals surface area contributed by atoms with Crippen LogP contribution in [0, 0.1) is 5.82 Å². The molecular weight excluding hydrogens is 199 g/mol. The third-order valence-corrected chi connectivity index (χ3v) is 1.98. The molecule has 0 spiro atoms. The Bertz CT molecular complexity index is 302. The average Bonchev–Trinajstić information content (AvgIpc) is 2.26. The first kappa shape index (κ1) is 11.9. The summed E-state index contributed by atoms with van der Waals surface area (Å²) >= 11 is 0. The van der Waals surface area contributed by atoms with Crippen LogP contribution in [0.15, 0.2) is 18.2 Å². The molecule has 0 radical (unpaired) electrons. The van der Waals surface area contributed by atoms with Gasteiger partial charge in [-0.15, -0.1) is 0 Å². The van der Waals surface area contributed by atoms with Gasteiger partial charge < -0.3 is 14.2 Å². The second kappa shape index (κ2) is 6.37. The zero-order chi connectivity index (χ0) is 11.1. The van der Waals surface area contributed by atoms with Crippen LogP contribution < -0.4 is 4.74 Å².